The standard InChI is InChI=1S/C28H30O3/c1-18-13-19(2)15-21(14-18)27-24-8-6-5-7-20(24)11-12-28(3,4)25(27)10-9-23-16-22(29)17-26(30)31-23/h5-15,22-23,29H,16-17H2,1-4H3/t22-,23-/m1/s1. The summed E-state index contributed by atoms with van der Waals surface area (Å²) in [5, 5.41) is 10.00. The molecule has 0 saturated carbocycles. The van der Waals surface area contributed by atoms with Gasteiger partial charge in [-0.05, 0) is 47.8 Å². The van der Waals surface area contributed by atoms with Gasteiger partial charge in [0.25, 0.3) is 0 Å². The molecule has 3 nitrogen and oxygen atoms in total. The van der Waals surface area contributed by atoms with E-state index in [9.17, 15) is 9.90 Å². The number of benzene rings is 2. The summed E-state index contributed by atoms with van der Waals surface area (Å²) in [6, 6.07) is 15.1. The van der Waals surface area contributed by atoms with Gasteiger partial charge in [0.05, 0.1) is 12.5 Å². The minimum absolute atomic E-state index is 0.0719. The first-order chi connectivity index (χ1) is 14.7. The van der Waals surface area contributed by atoms with E-state index in [1.165, 1.54) is 33.4 Å². The maximum atomic E-state index is 11.8. The van der Waals surface area contributed by atoms with E-state index in [-0.39, 0.29) is 17.8 Å². The molecule has 2 atom stereocenters. The number of hydrogen-bond acceptors (Lipinski definition) is 3. The smallest absolute Gasteiger partial charge is 0.309 e. The van der Waals surface area contributed by atoms with E-state index in [1.54, 1.807) is 0 Å². The number of aliphatic hydroxyl groups is 1. The number of aryl methyl sites for hydroxylation is 2. The van der Waals surface area contributed by atoms with E-state index in [1.807, 2.05) is 6.08 Å². The Morgan fingerprint density at radius 3 is 2.52 bits per heavy atom. The monoisotopic (exact) mass is 414 g/mol. The third kappa shape index (κ3) is 4.57. The molecule has 3 heteroatoms. The normalized spacial score (nSPS) is 22.9. The van der Waals surface area contributed by atoms with Gasteiger partial charge in [0.1, 0.15) is 6.10 Å². The summed E-state index contributed by atoms with van der Waals surface area (Å²) in [7, 11) is 0. The largest absolute Gasteiger partial charge is 0.458 e. The first kappa shape index (κ1) is 21.3. The Hall–Kier alpha value is -2.91. The Balaban J connectivity index is 1.92. The first-order valence-electron chi connectivity index (χ1n) is 10.9. The van der Waals surface area contributed by atoms with Crippen LogP contribution in [0.15, 0.2) is 66.3 Å². The van der Waals surface area contributed by atoms with Gasteiger partial charge in [-0.2, -0.15) is 0 Å². The summed E-state index contributed by atoms with van der Waals surface area (Å²) in [4.78, 5) is 11.8. The molecular weight excluding hydrogens is 384 g/mol. The maximum absolute atomic E-state index is 11.8. The van der Waals surface area contributed by atoms with Crippen molar-refractivity contribution < 1.29 is 14.6 Å². The van der Waals surface area contributed by atoms with Crippen molar-refractivity contribution in [1.82, 2.24) is 0 Å². The molecule has 1 aliphatic heterocycles. The van der Waals surface area contributed by atoms with Crippen LogP contribution in [0.25, 0.3) is 11.6 Å². The molecule has 1 saturated heterocycles. The number of cyclic esters (lactones) is 1. The zero-order valence-electron chi connectivity index (χ0n) is 18.7. The lowest BCUT2D eigenvalue weighted by molar-refractivity contribution is -0.156. The van der Waals surface area contributed by atoms with E-state index >= 15 is 0 Å². The summed E-state index contributed by atoms with van der Waals surface area (Å²) in [5.74, 6) is -0.345. The predicted octanol–water partition coefficient (Wildman–Crippen LogP) is 5.78. The lowest BCUT2D eigenvalue weighted by Crippen LogP contribution is -2.31. The Labute approximate surface area is 184 Å². The fraction of sp³-hybridized carbons (Fsp3) is 0.321. The lowest BCUT2D eigenvalue weighted by atomic mass is 9.78. The molecule has 0 spiro atoms. The second-order valence-corrected chi connectivity index (χ2v) is 9.29. The number of esters is 1. The second kappa shape index (κ2) is 8.32. The highest BCUT2D eigenvalue weighted by atomic mass is 16.5. The van der Waals surface area contributed by atoms with Crippen molar-refractivity contribution in [1.29, 1.82) is 0 Å². The van der Waals surface area contributed by atoms with Crippen molar-refractivity contribution >= 4 is 17.6 Å². The fourth-order valence-corrected chi connectivity index (χ4v) is 4.58. The zero-order valence-corrected chi connectivity index (χ0v) is 18.7. The fourth-order valence-electron chi connectivity index (χ4n) is 4.58. The van der Waals surface area contributed by atoms with Crippen LogP contribution in [-0.4, -0.2) is 23.3 Å². The summed E-state index contributed by atoms with van der Waals surface area (Å²) in [5.41, 5.74) is 8.13. The van der Waals surface area contributed by atoms with Crippen LogP contribution in [-0.2, 0) is 9.53 Å². The molecule has 1 N–H and O–H groups in total. The quantitative estimate of drug-likeness (QED) is 0.648. The van der Waals surface area contributed by atoms with Crippen LogP contribution < -0.4 is 0 Å². The van der Waals surface area contributed by atoms with Gasteiger partial charge in [-0.15, -0.1) is 0 Å². The molecule has 160 valence electrons. The molecule has 0 bridgehead atoms. The molecular formula is C28H30O3. The van der Waals surface area contributed by atoms with Crippen LogP contribution in [0.4, 0.5) is 0 Å². The predicted molar refractivity (Wildman–Crippen MR) is 125 cm³/mol. The Morgan fingerprint density at radius 2 is 1.81 bits per heavy atom. The van der Waals surface area contributed by atoms with Crippen molar-refractivity contribution in [2.45, 2.75) is 52.7 Å². The van der Waals surface area contributed by atoms with Crippen LogP contribution in [0, 0.1) is 19.3 Å². The third-order valence-corrected chi connectivity index (χ3v) is 6.05. The highest BCUT2D eigenvalue weighted by Crippen LogP contribution is 2.43. The molecule has 4 rings (SSSR count). The number of rotatable bonds is 3. The molecule has 2 aromatic rings. The van der Waals surface area contributed by atoms with E-state index in [0.29, 0.717) is 6.42 Å². The summed E-state index contributed by atoms with van der Waals surface area (Å²) in [6.45, 7) is 8.67. The number of allylic oxidation sites excluding steroid dienone is 3. The molecule has 1 fully saturated rings. The topological polar surface area (TPSA) is 46.5 Å². The van der Waals surface area contributed by atoms with Crippen LogP contribution in [0.3, 0.4) is 0 Å². The zero-order chi connectivity index (χ0) is 22.2. The molecule has 0 radical (unpaired) electrons. The van der Waals surface area contributed by atoms with Crippen LogP contribution >= 0.6 is 0 Å². The number of carbonyl (C=O) groups is 1. The molecule has 31 heavy (non-hydrogen) atoms. The van der Waals surface area contributed by atoms with Gasteiger partial charge >= 0.3 is 5.97 Å². The van der Waals surface area contributed by atoms with Gasteiger partial charge in [-0.3, -0.25) is 4.79 Å². The molecule has 1 heterocycles. The van der Waals surface area contributed by atoms with Crippen molar-refractivity contribution in [2.75, 3.05) is 0 Å². The summed E-state index contributed by atoms with van der Waals surface area (Å²) >= 11 is 0. The van der Waals surface area contributed by atoms with Gasteiger partial charge in [0, 0.05) is 11.8 Å². The number of fused-ring (bicyclic) bond motifs is 1. The number of ether oxygens (including phenoxy) is 1. The van der Waals surface area contributed by atoms with Crippen LogP contribution in [0.1, 0.15) is 54.5 Å². The van der Waals surface area contributed by atoms with Gasteiger partial charge < -0.3 is 9.84 Å². The average molecular weight is 415 g/mol. The molecule has 0 unspecified atom stereocenters. The molecule has 0 amide bonds. The van der Waals surface area contributed by atoms with Gasteiger partial charge in [0.2, 0.25) is 0 Å². The van der Waals surface area contributed by atoms with Crippen molar-refractivity contribution in [3.8, 4) is 0 Å². The van der Waals surface area contributed by atoms with E-state index in [2.05, 4.69) is 88.4 Å². The number of aliphatic hydroxyl groups excluding tert-OH is 1. The Kier molecular flexibility index (Phi) is 5.72. The third-order valence-electron chi connectivity index (χ3n) is 6.05. The average Bonchev–Trinajstić information content (AvgIpc) is 2.79. The highest BCUT2D eigenvalue weighted by Gasteiger charge is 2.29. The Morgan fingerprint density at radius 1 is 1.10 bits per heavy atom. The van der Waals surface area contributed by atoms with E-state index in [4.69, 9.17) is 4.74 Å². The lowest BCUT2D eigenvalue weighted by Gasteiger charge is -2.27. The minimum Gasteiger partial charge on any atom is -0.458 e. The van der Waals surface area contributed by atoms with E-state index < -0.39 is 12.2 Å². The summed E-state index contributed by atoms with van der Waals surface area (Å²) < 4.78 is 5.47. The van der Waals surface area contributed by atoms with Gasteiger partial charge in [-0.1, -0.05) is 85.7 Å². The minimum atomic E-state index is -0.647. The van der Waals surface area contributed by atoms with Gasteiger partial charge in [-0.25, -0.2) is 0 Å². The summed E-state index contributed by atoms with van der Waals surface area (Å²) in [6.07, 6.45) is 7.90. The van der Waals surface area contributed by atoms with Crippen molar-refractivity contribution in [2.24, 2.45) is 5.41 Å². The first-order valence-corrected chi connectivity index (χ1v) is 10.9. The Bertz CT molecular complexity index is 1080. The van der Waals surface area contributed by atoms with Crippen LogP contribution in [0.2, 0.25) is 0 Å². The van der Waals surface area contributed by atoms with E-state index in [0.717, 1.165) is 5.57 Å². The number of hydrogen-bond donors (Lipinski definition) is 1. The highest BCUT2D eigenvalue weighted by molar-refractivity contribution is 5.90. The molecule has 0 aromatic heterocycles. The van der Waals surface area contributed by atoms with Crippen molar-refractivity contribution in [3.05, 3.63) is 94.1 Å². The molecule has 1 aliphatic carbocycles. The number of carbonyl (C=O) groups excluding carboxylic acids is 1. The SMILES string of the molecule is Cc1cc(C)cc(C2=C(C=C[C@@H]3C[C@@H](O)CC(=O)O3)C(C)(C)C=Cc3ccccc32)c1. The molecule has 2 aliphatic rings. The second-order valence-electron chi connectivity index (χ2n) is 9.29. The van der Waals surface area contributed by atoms with Gasteiger partial charge in [0.15, 0.2) is 0 Å². The van der Waals surface area contributed by atoms with Crippen LogP contribution in [0.5, 0.6) is 0 Å². The maximum Gasteiger partial charge on any atom is 0.309 e. The molecule has 2 aromatic carbocycles. The van der Waals surface area contributed by atoms with Crippen molar-refractivity contribution in [3.63, 3.8) is 0 Å².